The summed E-state index contributed by atoms with van der Waals surface area (Å²) >= 11 is 0. The first-order chi connectivity index (χ1) is 9.60. The fourth-order valence-electron chi connectivity index (χ4n) is 1.64. The topological polar surface area (TPSA) is 127 Å². The molecule has 1 amide bonds. The quantitative estimate of drug-likeness (QED) is 0.697. The normalized spacial score (nSPS) is 12.7. The van der Waals surface area contributed by atoms with E-state index in [9.17, 15) is 18.0 Å². The van der Waals surface area contributed by atoms with Crippen molar-refractivity contribution in [2.24, 2.45) is 5.73 Å². The van der Waals surface area contributed by atoms with Crippen molar-refractivity contribution >= 4 is 27.4 Å². The molecule has 1 aromatic carbocycles. The first-order valence-electron chi connectivity index (χ1n) is 6.18. The molecule has 1 aromatic rings. The molecule has 21 heavy (non-hydrogen) atoms. The van der Waals surface area contributed by atoms with Gasteiger partial charge in [0.05, 0.1) is 17.4 Å². The molecule has 4 N–H and O–H groups in total. The van der Waals surface area contributed by atoms with Crippen molar-refractivity contribution in [3.8, 4) is 0 Å². The van der Waals surface area contributed by atoms with Crippen LogP contribution < -0.4 is 11.1 Å². The Morgan fingerprint density at radius 2 is 2.00 bits per heavy atom. The van der Waals surface area contributed by atoms with Gasteiger partial charge >= 0.3 is 5.97 Å². The molecule has 0 saturated carbocycles. The number of amides is 1. The fraction of sp³-hybridized carbons (Fsp3) is 0.385. The van der Waals surface area contributed by atoms with E-state index < -0.39 is 27.8 Å². The van der Waals surface area contributed by atoms with Gasteiger partial charge in [0.1, 0.15) is 9.84 Å². The van der Waals surface area contributed by atoms with E-state index in [0.717, 1.165) is 6.26 Å². The highest BCUT2D eigenvalue weighted by molar-refractivity contribution is 7.90. The van der Waals surface area contributed by atoms with Crippen LogP contribution in [0.2, 0.25) is 0 Å². The van der Waals surface area contributed by atoms with Gasteiger partial charge in [0.25, 0.3) is 0 Å². The Bertz CT molecular complexity index is 655. The molecule has 7 nitrogen and oxygen atoms in total. The molecular weight excluding hydrogens is 296 g/mol. The fourth-order valence-corrected chi connectivity index (χ4v) is 2.32. The van der Waals surface area contributed by atoms with Crippen molar-refractivity contribution in [3.05, 3.63) is 29.3 Å². The number of carboxylic acids is 1. The van der Waals surface area contributed by atoms with E-state index in [-0.39, 0.29) is 17.7 Å². The van der Waals surface area contributed by atoms with Gasteiger partial charge in [0, 0.05) is 11.9 Å². The molecule has 8 heteroatoms. The predicted octanol–water partition coefficient (Wildman–Crippen LogP) is 0.394. The average Bonchev–Trinajstić information content (AvgIpc) is 2.36. The Kier molecular flexibility index (Phi) is 5.45. The Morgan fingerprint density at radius 1 is 1.38 bits per heavy atom. The minimum absolute atomic E-state index is 0.00230. The van der Waals surface area contributed by atoms with Crippen LogP contribution in [0.25, 0.3) is 0 Å². The molecule has 0 saturated heterocycles. The number of nitrogens with two attached hydrogens (primary N) is 1. The second-order valence-electron chi connectivity index (χ2n) is 4.85. The Morgan fingerprint density at radius 3 is 2.52 bits per heavy atom. The molecular formula is C13H18N2O5S. The maximum atomic E-state index is 11.8. The summed E-state index contributed by atoms with van der Waals surface area (Å²) in [6, 6.07) is 3.48. The highest BCUT2D eigenvalue weighted by Crippen LogP contribution is 2.15. The standard InChI is InChI=1S/C13H18N2O5S/c1-8-3-4-9(7-10(8)13(17)18)15-12(16)11(14)5-6-21(2,19)20/h3-4,7,11H,5-6,14H2,1-2H3,(H,15,16)(H,17,18). The first kappa shape index (κ1) is 17.1. The number of hydrogen-bond donors (Lipinski definition) is 3. The summed E-state index contributed by atoms with van der Waals surface area (Å²) in [7, 11) is -3.19. The van der Waals surface area contributed by atoms with Gasteiger partial charge in [0.15, 0.2) is 0 Å². The summed E-state index contributed by atoms with van der Waals surface area (Å²) < 4.78 is 22.0. The molecule has 0 aromatic heterocycles. The van der Waals surface area contributed by atoms with Crippen LogP contribution in [0.5, 0.6) is 0 Å². The molecule has 0 aliphatic carbocycles. The van der Waals surface area contributed by atoms with E-state index >= 15 is 0 Å². The molecule has 0 aliphatic heterocycles. The lowest BCUT2D eigenvalue weighted by atomic mass is 10.1. The highest BCUT2D eigenvalue weighted by atomic mass is 32.2. The Balaban J connectivity index is 2.75. The highest BCUT2D eigenvalue weighted by Gasteiger charge is 2.17. The summed E-state index contributed by atoms with van der Waals surface area (Å²) in [5.74, 6) is -1.83. The smallest absolute Gasteiger partial charge is 0.336 e. The first-order valence-corrected chi connectivity index (χ1v) is 8.24. The van der Waals surface area contributed by atoms with Gasteiger partial charge < -0.3 is 16.2 Å². The van der Waals surface area contributed by atoms with Crippen molar-refractivity contribution in [1.82, 2.24) is 0 Å². The van der Waals surface area contributed by atoms with Crippen LogP contribution in [0.1, 0.15) is 22.3 Å². The minimum Gasteiger partial charge on any atom is -0.478 e. The molecule has 0 bridgehead atoms. The third kappa shape index (κ3) is 5.52. The summed E-state index contributed by atoms with van der Waals surface area (Å²) in [5.41, 5.74) is 6.56. The summed E-state index contributed by atoms with van der Waals surface area (Å²) in [5, 5.41) is 11.5. The third-order valence-corrected chi connectivity index (χ3v) is 3.85. The van der Waals surface area contributed by atoms with Crippen LogP contribution in [0.3, 0.4) is 0 Å². The number of aromatic carboxylic acids is 1. The lowest BCUT2D eigenvalue weighted by Crippen LogP contribution is -2.37. The van der Waals surface area contributed by atoms with E-state index in [0.29, 0.717) is 11.3 Å². The molecule has 1 atom stereocenters. The SMILES string of the molecule is Cc1ccc(NC(=O)C(N)CCS(C)(=O)=O)cc1C(=O)O. The van der Waals surface area contributed by atoms with E-state index in [4.69, 9.17) is 10.8 Å². The molecule has 116 valence electrons. The number of nitrogens with one attached hydrogen (secondary N) is 1. The Hall–Kier alpha value is -1.93. The van der Waals surface area contributed by atoms with Gasteiger partial charge in [-0.05, 0) is 31.0 Å². The van der Waals surface area contributed by atoms with Crippen LogP contribution in [-0.4, -0.2) is 43.5 Å². The van der Waals surface area contributed by atoms with E-state index in [1.807, 2.05) is 0 Å². The van der Waals surface area contributed by atoms with Gasteiger partial charge in [-0.25, -0.2) is 13.2 Å². The van der Waals surface area contributed by atoms with Crippen molar-refractivity contribution in [2.75, 3.05) is 17.3 Å². The van der Waals surface area contributed by atoms with Crippen LogP contribution in [-0.2, 0) is 14.6 Å². The molecule has 0 fully saturated rings. The van der Waals surface area contributed by atoms with E-state index in [1.165, 1.54) is 6.07 Å². The lowest BCUT2D eigenvalue weighted by molar-refractivity contribution is -0.117. The zero-order valence-electron chi connectivity index (χ0n) is 11.8. The second kappa shape index (κ2) is 6.68. The monoisotopic (exact) mass is 314 g/mol. The zero-order valence-corrected chi connectivity index (χ0v) is 12.6. The lowest BCUT2D eigenvalue weighted by Gasteiger charge is -2.12. The predicted molar refractivity (Wildman–Crippen MR) is 79.1 cm³/mol. The number of carbonyl (C=O) groups excluding carboxylic acids is 1. The van der Waals surface area contributed by atoms with Crippen LogP contribution in [0.15, 0.2) is 18.2 Å². The summed E-state index contributed by atoms with van der Waals surface area (Å²) in [6.45, 7) is 1.65. The maximum absolute atomic E-state index is 11.8. The maximum Gasteiger partial charge on any atom is 0.336 e. The number of carboxylic acid groups (broad SMARTS) is 1. The molecule has 0 radical (unpaired) electrons. The van der Waals surface area contributed by atoms with Crippen LogP contribution >= 0.6 is 0 Å². The number of anilines is 1. The van der Waals surface area contributed by atoms with Crippen molar-refractivity contribution in [2.45, 2.75) is 19.4 Å². The average molecular weight is 314 g/mol. The van der Waals surface area contributed by atoms with Gasteiger partial charge in [0.2, 0.25) is 5.91 Å². The molecule has 1 rings (SSSR count). The largest absolute Gasteiger partial charge is 0.478 e. The van der Waals surface area contributed by atoms with E-state index in [2.05, 4.69) is 5.32 Å². The minimum atomic E-state index is -3.19. The molecule has 0 aliphatic rings. The van der Waals surface area contributed by atoms with Crippen molar-refractivity contribution in [1.29, 1.82) is 0 Å². The number of rotatable bonds is 6. The molecule has 0 spiro atoms. The van der Waals surface area contributed by atoms with Crippen LogP contribution in [0.4, 0.5) is 5.69 Å². The van der Waals surface area contributed by atoms with Crippen molar-refractivity contribution in [3.63, 3.8) is 0 Å². The molecule has 1 unspecified atom stereocenters. The van der Waals surface area contributed by atoms with Crippen molar-refractivity contribution < 1.29 is 23.1 Å². The zero-order chi connectivity index (χ0) is 16.2. The Labute approximate surface area is 123 Å². The van der Waals surface area contributed by atoms with Crippen LogP contribution in [0, 0.1) is 6.92 Å². The number of sulfone groups is 1. The van der Waals surface area contributed by atoms with Gasteiger partial charge in [-0.1, -0.05) is 6.07 Å². The summed E-state index contributed by atoms with van der Waals surface area (Å²) in [4.78, 5) is 22.8. The van der Waals surface area contributed by atoms with Gasteiger partial charge in [-0.2, -0.15) is 0 Å². The molecule has 0 heterocycles. The third-order valence-electron chi connectivity index (χ3n) is 2.87. The summed E-state index contributed by atoms with van der Waals surface area (Å²) in [6.07, 6.45) is 1.07. The number of hydrogen-bond acceptors (Lipinski definition) is 5. The second-order valence-corrected chi connectivity index (χ2v) is 7.11. The van der Waals surface area contributed by atoms with Gasteiger partial charge in [-0.3, -0.25) is 4.79 Å². The van der Waals surface area contributed by atoms with E-state index in [1.54, 1.807) is 19.1 Å². The number of carbonyl (C=O) groups is 2. The number of aryl methyl sites for hydroxylation is 1. The number of benzene rings is 1. The van der Waals surface area contributed by atoms with Gasteiger partial charge in [-0.15, -0.1) is 0 Å².